The topological polar surface area (TPSA) is 105 Å². The average Bonchev–Trinajstić information content (AvgIpc) is 2.14. The number of carbonyl (C=O) groups is 1. The number of hydrogen-bond acceptors (Lipinski definition) is 3. The molecule has 0 saturated heterocycles. The molecule has 5 nitrogen and oxygen atoms in total. The second kappa shape index (κ2) is 4.27. The fraction of sp³-hybridized carbons (Fsp3) is 0.111. The lowest BCUT2D eigenvalue weighted by molar-refractivity contribution is 0.0959. The minimum absolute atomic E-state index is 0.0492. The fourth-order valence-electron chi connectivity index (χ4n) is 0.957. The van der Waals surface area contributed by atoms with E-state index in [-0.39, 0.29) is 18.3 Å². The molecular formula is C9H12N4O. The summed E-state index contributed by atoms with van der Waals surface area (Å²) >= 11 is 0. The fourth-order valence-corrected chi connectivity index (χ4v) is 0.957. The Bertz CT molecular complexity index is 362. The first-order valence-corrected chi connectivity index (χ1v) is 4.06. The molecule has 1 rings (SSSR count). The third-order valence-electron chi connectivity index (χ3n) is 1.59. The molecule has 0 spiro atoms. The Morgan fingerprint density at radius 2 is 2.21 bits per heavy atom. The zero-order valence-corrected chi connectivity index (χ0v) is 7.58. The Hall–Kier alpha value is -2.04. The van der Waals surface area contributed by atoms with Crippen molar-refractivity contribution in [1.82, 2.24) is 5.32 Å². The lowest BCUT2D eigenvalue weighted by Gasteiger charge is -2.03. The zero-order valence-electron chi connectivity index (χ0n) is 7.58. The molecule has 0 fully saturated rings. The first-order valence-electron chi connectivity index (χ1n) is 4.06. The second-order valence-electron chi connectivity index (χ2n) is 2.83. The highest BCUT2D eigenvalue weighted by molar-refractivity contribution is 5.97. The van der Waals surface area contributed by atoms with Crippen LogP contribution in [0.5, 0.6) is 0 Å². The summed E-state index contributed by atoms with van der Waals surface area (Å²) in [5.41, 5.74) is 11.6. The molecule has 0 radical (unpaired) electrons. The summed E-state index contributed by atoms with van der Waals surface area (Å²) in [6.45, 7) is 0.0492. The number of nitrogens with one attached hydrogen (secondary N) is 2. The highest BCUT2D eigenvalue weighted by Crippen LogP contribution is 2.05. The highest BCUT2D eigenvalue weighted by Gasteiger charge is 2.04. The van der Waals surface area contributed by atoms with Gasteiger partial charge in [-0.2, -0.15) is 0 Å². The Labute approximate surface area is 81.6 Å². The lowest BCUT2D eigenvalue weighted by atomic mass is 10.2. The normalized spacial score (nSPS) is 9.43. The van der Waals surface area contributed by atoms with Gasteiger partial charge in [0.2, 0.25) is 0 Å². The summed E-state index contributed by atoms with van der Waals surface area (Å²) < 4.78 is 0. The monoisotopic (exact) mass is 192 g/mol. The van der Waals surface area contributed by atoms with E-state index in [4.69, 9.17) is 16.9 Å². The molecule has 14 heavy (non-hydrogen) atoms. The van der Waals surface area contributed by atoms with Gasteiger partial charge >= 0.3 is 0 Å². The number of nitrogens with two attached hydrogens (primary N) is 2. The molecule has 1 aromatic carbocycles. The van der Waals surface area contributed by atoms with Crippen molar-refractivity contribution in [3.05, 3.63) is 29.8 Å². The minimum atomic E-state index is -0.285. The van der Waals surface area contributed by atoms with Crippen LogP contribution in [0.4, 0.5) is 5.69 Å². The summed E-state index contributed by atoms with van der Waals surface area (Å²) in [4.78, 5) is 11.4. The Balaban J connectivity index is 2.65. The maximum Gasteiger partial charge on any atom is 0.251 e. The SMILES string of the molecule is N=C(N)CNC(=O)c1cccc(N)c1. The van der Waals surface area contributed by atoms with Crippen molar-refractivity contribution in [2.45, 2.75) is 0 Å². The first kappa shape index (κ1) is 10.0. The highest BCUT2D eigenvalue weighted by atomic mass is 16.1. The predicted molar refractivity (Wildman–Crippen MR) is 55.1 cm³/mol. The van der Waals surface area contributed by atoms with Crippen molar-refractivity contribution in [3.63, 3.8) is 0 Å². The minimum Gasteiger partial charge on any atom is -0.399 e. The van der Waals surface area contributed by atoms with Crippen LogP contribution in [0.1, 0.15) is 10.4 Å². The van der Waals surface area contributed by atoms with Crippen LogP contribution in [0.2, 0.25) is 0 Å². The number of rotatable bonds is 3. The third kappa shape index (κ3) is 2.78. The Morgan fingerprint density at radius 3 is 2.79 bits per heavy atom. The van der Waals surface area contributed by atoms with Crippen molar-refractivity contribution in [2.24, 2.45) is 5.73 Å². The van der Waals surface area contributed by atoms with Crippen molar-refractivity contribution in [2.75, 3.05) is 12.3 Å². The number of amides is 1. The quantitative estimate of drug-likeness (QED) is 0.306. The zero-order chi connectivity index (χ0) is 10.6. The third-order valence-corrected chi connectivity index (χ3v) is 1.59. The molecule has 1 amide bonds. The maximum atomic E-state index is 11.4. The number of nitrogen functional groups attached to an aromatic ring is 1. The number of amidine groups is 1. The van der Waals surface area contributed by atoms with Crippen LogP contribution >= 0.6 is 0 Å². The second-order valence-corrected chi connectivity index (χ2v) is 2.83. The first-order chi connectivity index (χ1) is 6.59. The molecule has 0 aliphatic heterocycles. The van der Waals surface area contributed by atoms with Crippen LogP contribution in [0, 0.1) is 5.41 Å². The van der Waals surface area contributed by atoms with Gasteiger partial charge in [0.1, 0.15) is 5.84 Å². The van der Waals surface area contributed by atoms with Gasteiger partial charge < -0.3 is 16.8 Å². The largest absolute Gasteiger partial charge is 0.399 e. The van der Waals surface area contributed by atoms with E-state index in [9.17, 15) is 4.79 Å². The Morgan fingerprint density at radius 1 is 1.50 bits per heavy atom. The van der Waals surface area contributed by atoms with E-state index in [0.717, 1.165) is 0 Å². The van der Waals surface area contributed by atoms with Crippen LogP contribution in [0.15, 0.2) is 24.3 Å². The summed E-state index contributed by atoms with van der Waals surface area (Å²) in [5.74, 6) is -0.366. The van der Waals surface area contributed by atoms with Crippen LogP contribution in [0.25, 0.3) is 0 Å². The summed E-state index contributed by atoms with van der Waals surface area (Å²) in [6.07, 6.45) is 0. The van der Waals surface area contributed by atoms with E-state index in [1.165, 1.54) is 0 Å². The van der Waals surface area contributed by atoms with Gasteiger partial charge in [0, 0.05) is 11.3 Å². The summed E-state index contributed by atoms with van der Waals surface area (Å²) in [5, 5.41) is 9.41. The molecule has 1 aromatic rings. The van der Waals surface area contributed by atoms with E-state index < -0.39 is 0 Å². The van der Waals surface area contributed by atoms with Gasteiger partial charge in [0.05, 0.1) is 6.54 Å². The van der Waals surface area contributed by atoms with Crippen LogP contribution in [0.3, 0.4) is 0 Å². The maximum absolute atomic E-state index is 11.4. The van der Waals surface area contributed by atoms with Crippen molar-refractivity contribution >= 4 is 17.4 Å². The van der Waals surface area contributed by atoms with E-state index in [1.54, 1.807) is 24.3 Å². The summed E-state index contributed by atoms with van der Waals surface area (Å²) in [7, 11) is 0. The molecule has 0 aromatic heterocycles. The molecule has 0 aliphatic carbocycles. The predicted octanol–water partition coefficient (Wildman–Crippen LogP) is -0.0654. The van der Waals surface area contributed by atoms with Gasteiger partial charge in [0.15, 0.2) is 0 Å². The van der Waals surface area contributed by atoms with Crippen LogP contribution in [-0.2, 0) is 0 Å². The van der Waals surface area contributed by atoms with Crippen molar-refractivity contribution in [1.29, 1.82) is 5.41 Å². The lowest BCUT2D eigenvalue weighted by Crippen LogP contribution is -2.32. The molecule has 0 unspecified atom stereocenters. The smallest absolute Gasteiger partial charge is 0.251 e. The van der Waals surface area contributed by atoms with Gasteiger partial charge in [0.25, 0.3) is 5.91 Å². The number of anilines is 1. The molecule has 0 aliphatic rings. The Kier molecular flexibility index (Phi) is 3.06. The van der Waals surface area contributed by atoms with Crippen molar-refractivity contribution < 1.29 is 4.79 Å². The molecule has 0 saturated carbocycles. The standard InChI is InChI=1S/C9H12N4O/c10-7-3-1-2-6(4-7)9(14)13-5-8(11)12/h1-4H,5,10H2,(H3,11,12)(H,13,14). The molecule has 6 N–H and O–H groups in total. The van der Waals surface area contributed by atoms with E-state index in [1.807, 2.05) is 0 Å². The number of benzene rings is 1. The van der Waals surface area contributed by atoms with E-state index in [2.05, 4.69) is 5.32 Å². The molecule has 0 atom stereocenters. The van der Waals surface area contributed by atoms with E-state index in [0.29, 0.717) is 11.3 Å². The van der Waals surface area contributed by atoms with Gasteiger partial charge in [-0.15, -0.1) is 0 Å². The van der Waals surface area contributed by atoms with Crippen molar-refractivity contribution in [3.8, 4) is 0 Å². The summed E-state index contributed by atoms with van der Waals surface area (Å²) in [6, 6.07) is 6.60. The molecule has 0 heterocycles. The van der Waals surface area contributed by atoms with Crippen LogP contribution < -0.4 is 16.8 Å². The van der Waals surface area contributed by atoms with Gasteiger partial charge in [-0.1, -0.05) is 6.07 Å². The van der Waals surface area contributed by atoms with E-state index >= 15 is 0 Å². The number of hydrogen-bond donors (Lipinski definition) is 4. The molecule has 74 valence electrons. The number of carbonyl (C=O) groups excluding carboxylic acids is 1. The van der Waals surface area contributed by atoms with Gasteiger partial charge in [-0.25, -0.2) is 0 Å². The van der Waals surface area contributed by atoms with Gasteiger partial charge in [-0.05, 0) is 18.2 Å². The molecular weight excluding hydrogens is 180 g/mol. The van der Waals surface area contributed by atoms with Crippen LogP contribution in [-0.4, -0.2) is 18.3 Å². The average molecular weight is 192 g/mol. The van der Waals surface area contributed by atoms with Gasteiger partial charge in [-0.3, -0.25) is 10.2 Å². The molecule has 5 heteroatoms. The molecule has 0 bridgehead atoms.